The third kappa shape index (κ3) is 7.29. The van der Waals surface area contributed by atoms with Gasteiger partial charge in [-0.3, -0.25) is 19.2 Å². The van der Waals surface area contributed by atoms with Crippen molar-refractivity contribution in [3.05, 3.63) is 119 Å². The molecular weight excluding hydrogens is 803 g/mol. The summed E-state index contributed by atoms with van der Waals surface area (Å²) in [7, 11) is 0. The monoisotopic (exact) mass is 853 g/mol. The van der Waals surface area contributed by atoms with Gasteiger partial charge in [0.05, 0.1) is 35.6 Å². The fraction of sp³-hybridized carbons (Fsp3) is 0.447. The Bertz CT molecular complexity index is 2280. The van der Waals surface area contributed by atoms with Crippen LogP contribution in [0.25, 0.3) is 0 Å². The molecule has 62 heavy (non-hydrogen) atoms. The molecule has 1 saturated heterocycles. The normalized spacial score (nSPS) is 31.9. The second kappa shape index (κ2) is 16.5. The lowest BCUT2D eigenvalue weighted by Crippen LogP contribution is -2.82. The molecule has 3 fully saturated rings. The predicted molar refractivity (Wildman–Crippen MR) is 218 cm³/mol. The van der Waals surface area contributed by atoms with E-state index in [0.29, 0.717) is 5.56 Å². The van der Waals surface area contributed by atoms with E-state index in [4.69, 9.17) is 23.7 Å². The first-order chi connectivity index (χ1) is 29.3. The summed E-state index contributed by atoms with van der Waals surface area (Å²) in [5.74, 6) is -6.84. The summed E-state index contributed by atoms with van der Waals surface area (Å²) in [5.41, 5.74) is -7.02. The molecule has 11 atom stereocenters. The molecule has 3 aliphatic carbocycles. The summed E-state index contributed by atoms with van der Waals surface area (Å²) in [6.45, 7) is 7.97. The molecule has 15 nitrogen and oxygen atoms in total. The van der Waals surface area contributed by atoms with Crippen molar-refractivity contribution in [2.45, 2.75) is 108 Å². The lowest BCUT2D eigenvalue weighted by atomic mass is 9.44. The Kier molecular flexibility index (Phi) is 11.8. The van der Waals surface area contributed by atoms with Gasteiger partial charge in [-0.25, -0.2) is 9.59 Å². The molecule has 3 aromatic carbocycles. The van der Waals surface area contributed by atoms with Crippen LogP contribution >= 0.6 is 0 Å². The highest BCUT2D eigenvalue weighted by atomic mass is 16.6. The van der Waals surface area contributed by atoms with Gasteiger partial charge < -0.3 is 44.3 Å². The molecule has 1 unspecified atom stereocenters. The van der Waals surface area contributed by atoms with Crippen LogP contribution in [0.1, 0.15) is 86.7 Å². The molecule has 15 heteroatoms. The standard InChI is InChI=1S/C47H51NO14/c1-25-31(60-43(56)36(52)35(28-16-10-7-11-17-28)48-41(54)29-18-12-8-13-19-29)23-47(57)40(61-42(55)30-20-14-9-15-21-30)38-45(6,32(51)22-33-46(38,24-58-33)62-27(3)50)39(53)37(59-26(2)49)34(25)44(47,4)5/h7-21,31-33,35-38,40,51-52,57H,22-24H2,1-6H3,(H,48,54)/t31-,32-,33+,35?,36+,37+,38-,40-,45+,46-,47+/m0/s1. The summed E-state index contributed by atoms with van der Waals surface area (Å²) < 4.78 is 30.3. The fourth-order valence-electron chi connectivity index (χ4n) is 10.2. The van der Waals surface area contributed by atoms with E-state index < -0.39 is 113 Å². The number of esters is 4. The van der Waals surface area contributed by atoms with Gasteiger partial charge in [-0.1, -0.05) is 80.6 Å². The number of benzene rings is 3. The van der Waals surface area contributed by atoms with E-state index >= 15 is 4.79 Å². The molecule has 7 rings (SSSR count). The number of rotatable bonds is 10. The molecule has 0 aromatic heterocycles. The van der Waals surface area contributed by atoms with E-state index in [1.165, 1.54) is 26.0 Å². The summed E-state index contributed by atoms with van der Waals surface area (Å²) >= 11 is 0. The Hall–Kier alpha value is -5.74. The Balaban J connectivity index is 1.39. The number of carbonyl (C=O) groups is 6. The SMILES string of the molecule is CC(=O)O[C@H]1C(=O)[C@@]2(C)[C@H]([C@H](OC(=O)c3ccccc3)[C@]3(O)C[C@H](OC(=O)[C@H](O)C(NC(=O)c4ccccc4)c4ccccc4)C(C)=C1C3(C)C)[C@]1(OC(C)=O)CO[C@@H]1C[C@@H]2O. The van der Waals surface area contributed by atoms with E-state index in [0.717, 1.165) is 13.8 Å². The molecular formula is C47H51NO14. The van der Waals surface area contributed by atoms with Crippen LogP contribution in [-0.4, -0.2) is 105 Å². The minimum atomic E-state index is -2.39. The first-order valence-corrected chi connectivity index (χ1v) is 20.5. The average molecular weight is 854 g/mol. The average Bonchev–Trinajstić information content (AvgIpc) is 3.24. The number of fused-ring (bicyclic) bond motifs is 5. The number of aliphatic hydroxyl groups is 3. The summed E-state index contributed by atoms with van der Waals surface area (Å²) in [6, 6.07) is 22.9. The molecule has 4 N–H and O–H groups in total. The van der Waals surface area contributed by atoms with Crippen LogP contribution in [0.15, 0.2) is 102 Å². The smallest absolute Gasteiger partial charge is 0.338 e. The van der Waals surface area contributed by atoms with E-state index in [2.05, 4.69) is 5.32 Å². The molecule has 4 aliphatic rings. The van der Waals surface area contributed by atoms with Gasteiger partial charge in [0.25, 0.3) is 5.91 Å². The van der Waals surface area contributed by atoms with Crippen LogP contribution in [0, 0.1) is 16.7 Å². The van der Waals surface area contributed by atoms with Gasteiger partial charge >= 0.3 is 23.9 Å². The van der Waals surface area contributed by atoms with E-state index in [1.807, 2.05) is 0 Å². The van der Waals surface area contributed by atoms with Crippen LogP contribution in [0.2, 0.25) is 0 Å². The van der Waals surface area contributed by atoms with Crippen LogP contribution in [0.5, 0.6) is 0 Å². The van der Waals surface area contributed by atoms with Crippen molar-refractivity contribution in [3.63, 3.8) is 0 Å². The first-order valence-electron chi connectivity index (χ1n) is 20.5. The third-order valence-electron chi connectivity index (χ3n) is 13.5. The minimum absolute atomic E-state index is 0.00289. The van der Waals surface area contributed by atoms with Crippen molar-refractivity contribution in [2.75, 3.05) is 6.61 Å². The summed E-state index contributed by atoms with van der Waals surface area (Å²) in [5, 5.41) is 40.2. The molecule has 1 heterocycles. The van der Waals surface area contributed by atoms with Gasteiger partial charge in [0.2, 0.25) is 0 Å². The van der Waals surface area contributed by atoms with Gasteiger partial charge in [-0.05, 0) is 54.8 Å². The van der Waals surface area contributed by atoms with Crippen molar-refractivity contribution in [2.24, 2.45) is 16.7 Å². The molecule has 0 radical (unpaired) electrons. The number of hydrogen-bond donors (Lipinski definition) is 4. The number of ketones is 1. The number of ether oxygens (including phenoxy) is 5. The van der Waals surface area contributed by atoms with Gasteiger partial charge in [0.1, 0.15) is 23.9 Å². The fourth-order valence-corrected chi connectivity index (χ4v) is 10.2. The molecule has 1 amide bonds. The maximum Gasteiger partial charge on any atom is 0.338 e. The maximum atomic E-state index is 15.5. The topological polar surface area (TPSA) is 221 Å². The third-order valence-corrected chi connectivity index (χ3v) is 13.5. The summed E-state index contributed by atoms with van der Waals surface area (Å²) in [4.78, 5) is 83.5. The largest absolute Gasteiger partial charge is 0.456 e. The van der Waals surface area contributed by atoms with Gasteiger partial charge in [-0.2, -0.15) is 0 Å². The zero-order chi connectivity index (χ0) is 44.9. The quantitative estimate of drug-likeness (QED) is 0.130. The zero-order valence-corrected chi connectivity index (χ0v) is 35.2. The second-order valence-corrected chi connectivity index (χ2v) is 17.4. The van der Waals surface area contributed by atoms with Crippen molar-refractivity contribution in [1.82, 2.24) is 5.32 Å². The zero-order valence-electron chi connectivity index (χ0n) is 35.2. The molecule has 1 aliphatic heterocycles. The first kappa shape index (κ1) is 44.3. The number of Topliss-reactive ketones (excluding diaryl/α,β-unsaturated/α-hetero) is 1. The minimum Gasteiger partial charge on any atom is -0.456 e. The Morgan fingerprint density at radius 2 is 1.40 bits per heavy atom. The van der Waals surface area contributed by atoms with E-state index in [1.54, 1.807) is 92.7 Å². The molecule has 0 spiro atoms. The molecule has 328 valence electrons. The Morgan fingerprint density at radius 1 is 0.823 bits per heavy atom. The lowest BCUT2D eigenvalue weighted by Gasteiger charge is -2.67. The number of carbonyl (C=O) groups excluding carboxylic acids is 6. The van der Waals surface area contributed by atoms with Crippen LogP contribution in [0.4, 0.5) is 0 Å². The van der Waals surface area contributed by atoms with Crippen molar-refractivity contribution < 1.29 is 67.8 Å². The van der Waals surface area contributed by atoms with Crippen LogP contribution < -0.4 is 5.32 Å². The Labute approximate surface area is 358 Å². The highest BCUT2D eigenvalue weighted by Gasteiger charge is 2.78. The van der Waals surface area contributed by atoms with Gasteiger partial charge in [0.15, 0.2) is 23.6 Å². The van der Waals surface area contributed by atoms with Crippen LogP contribution in [-0.2, 0) is 42.9 Å². The van der Waals surface area contributed by atoms with Crippen molar-refractivity contribution >= 4 is 35.6 Å². The number of hydrogen-bond acceptors (Lipinski definition) is 14. The Morgan fingerprint density at radius 3 is 1.95 bits per heavy atom. The van der Waals surface area contributed by atoms with Gasteiger partial charge in [0, 0.05) is 37.7 Å². The molecule has 3 aromatic rings. The maximum absolute atomic E-state index is 15.5. The lowest BCUT2D eigenvalue weighted by molar-refractivity contribution is -0.346. The highest BCUT2D eigenvalue weighted by Crippen LogP contribution is 2.64. The van der Waals surface area contributed by atoms with Crippen LogP contribution in [0.3, 0.4) is 0 Å². The predicted octanol–water partition coefficient (Wildman–Crippen LogP) is 3.74. The summed E-state index contributed by atoms with van der Waals surface area (Å²) in [6.07, 6.45) is -10.5. The molecule has 2 bridgehead atoms. The highest BCUT2D eigenvalue weighted by molar-refractivity contribution is 5.96. The van der Waals surface area contributed by atoms with Crippen molar-refractivity contribution in [3.8, 4) is 0 Å². The van der Waals surface area contributed by atoms with Crippen molar-refractivity contribution in [1.29, 1.82) is 0 Å². The van der Waals surface area contributed by atoms with E-state index in [-0.39, 0.29) is 35.3 Å². The number of amides is 1. The number of nitrogens with one attached hydrogen (secondary N) is 1. The number of aliphatic hydroxyl groups excluding tert-OH is 2. The van der Waals surface area contributed by atoms with E-state index in [9.17, 15) is 39.3 Å². The van der Waals surface area contributed by atoms with Gasteiger partial charge in [-0.15, -0.1) is 0 Å². The molecule has 2 saturated carbocycles. The second-order valence-electron chi connectivity index (χ2n) is 17.4.